The minimum Gasteiger partial charge on any atom is -0.457 e. The highest BCUT2D eigenvalue weighted by molar-refractivity contribution is 5.94. The molecular formula is C17H16NO2. The standard InChI is InChI=1S/C17H16NO2/c19-17(18-12-4-5-13-18)14-8-10-16(11-9-14)20-15-6-2-1-3-7-15/h1-3,6-12H,4-5,13H2. The molecule has 1 radical (unpaired) electrons. The van der Waals surface area contributed by atoms with E-state index in [-0.39, 0.29) is 5.91 Å². The average Bonchev–Trinajstić information content (AvgIpc) is 3.03. The van der Waals surface area contributed by atoms with E-state index < -0.39 is 0 Å². The molecule has 1 fully saturated rings. The molecule has 0 aromatic heterocycles. The summed E-state index contributed by atoms with van der Waals surface area (Å²) in [7, 11) is 0. The molecule has 0 atom stereocenters. The lowest BCUT2D eigenvalue weighted by Crippen LogP contribution is -2.24. The maximum absolute atomic E-state index is 12.2. The summed E-state index contributed by atoms with van der Waals surface area (Å²) in [5, 5.41) is 0. The van der Waals surface area contributed by atoms with E-state index in [9.17, 15) is 4.79 Å². The maximum Gasteiger partial charge on any atom is 0.254 e. The summed E-state index contributed by atoms with van der Waals surface area (Å²) >= 11 is 0. The van der Waals surface area contributed by atoms with Gasteiger partial charge in [-0.1, -0.05) is 18.2 Å². The average molecular weight is 266 g/mol. The second-order valence-corrected chi connectivity index (χ2v) is 4.76. The molecule has 3 nitrogen and oxygen atoms in total. The second kappa shape index (κ2) is 5.78. The van der Waals surface area contributed by atoms with Gasteiger partial charge in [-0.15, -0.1) is 0 Å². The van der Waals surface area contributed by atoms with Crippen LogP contribution in [0.5, 0.6) is 11.5 Å². The minimum atomic E-state index is 0.0637. The summed E-state index contributed by atoms with van der Waals surface area (Å²) in [5.41, 5.74) is 0.698. The fourth-order valence-electron chi connectivity index (χ4n) is 2.24. The zero-order chi connectivity index (χ0) is 13.8. The Kier molecular flexibility index (Phi) is 3.68. The van der Waals surface area contributed by atoms with Crippen molar-refractivity contribution in [3.8, 4) is 11.5 Å². The van der Waals surface area contributed by atoms with Crippen LogP contribution in [0.3, 0.4) is 0 Å². The molecule has 2 aromatic rings. The smallest absolute Gasteiger partial charge is 0.254 e. The number of hydrogen-bond donors (Lipinski definition) is 0. The van der Waals surface area contributed by atoms with Crippen molar-refractivity contribution >= 4 is 5.91 Å². The molecule has 1 amide bonds. The predicted octanol–water partition coefficient (Wildman–Crippen LogP) is 3.88. The highest BCUT2D eigenvalue weighted by atomic mass is 16.5. The molecule has 0 saturated carbocycles. The highest BCUT2D eigenvalue weighted by Gasteiger charge is 2.19. The Bertz CT molecular complexity index is 572. The van der Waals surface area contributed by atoms with Crippen LogP contribution in [0, 0.1) is 6.54 Å². The van der Waals surface area contributed by atoms with E-state index in [1.807, 2.05) is 61.1 Å². The molecule has 1 heterocycles. The lowest BCUT2D eigenvalue weighted by atomic mass is 10.2. The Morgan fingerprint density at radius 2 is 1.65 bits per heavy atom. The molecule has 1 aliphatic rings. The topological polar surface area (TPSA) is 29.5 Å². The summed E-state index contributed by atoms with van der Waals surface area (Å²) < 4.78 is 5.71. The monoisotopic (exact) mass is 266 g/mol. The largest absolute Gasteiger partial charge is 0.457 e. The van der Waals surface area contributed by atoms with E-state index in [0.717, 1.165) is 30.9 Å². The fraction of sp³-hybridized carbons (Fsp3) is 0.176. The molecule has 2 aromatic carbocycles. The molecule has 0 bridgehead atoms. The first-order chi connectivity index (χ1) is 9.83. The molecule has 101 valence electrons. The number of nitrogens with zero attached hydrogens (tertiary/aromatic N) is 1. The number of para-hydroxylation sites is 1. The molecule has 1 saturated heterocycles. The number of carbonyl (C=O) groups excluding carboxylic acids is 1. The van der Waals surface area contributed by atoms with Crippen LogP contribution in [0.15, 0.2) is 54.6 Å². The van der Waals surface area contributed by atoms with Crippen molar-refractivity contribution in [2.75, 3.05) is 6.54 Å². The lowest BCUT2D eigenvalue weighted by Gasteiger charge is -2.14. The highest BCUT2D eigenvalue weighted by Crippen LogP contribution is 2.22. The van der Waals surface area contributed by atoms with Gasteiger partial charge in [-0.3, -0.25) is 4.79 Å². The molecular weight excluding hydrogens is 250 g/mol. The van der Waals surface area contributed by atoms with Crippen LogP contribution in [-0.4, -0.2) is 17.4 Å². The van der Waals surface area contributed by atoms with Crippen LogP contribution in [0.1, 0.15) is 23.2 Å². The van der Waals surface area contributed by atoms with E-state index >= 15 is 0 Å². The number of ether oxygens (including phenoxy) is 1. The van der Waals surface area contributed by atoms with Crippen molar-refractivity contribution in [3.63, 3.8) is 0 Å². The van der Waals surface area contributed by atoms with Crippen LogP contribution < -0.4 is 4.74 Å². The number of rotatable bonds is 3. The molecule has 0 spiro atoms. The first kappa shape index (κ1) is 12.7. The van der Waals surface area contributed by atoms with Crippen molar-refractivity contribution in [2.24, 2.45) is 0 Å². The van der Waals surface area contributed by atoms with Crippen molar-refractivity contribution in [1.82, 2.24) is 4.90 Å². The third kappa shape index (κ3) is 2.82. The summed E-state index contributed by atoms with van der Waals surface area (Å²) in [5.74, 6) is 1.59. The van der Waals surface area contributed by atoms with Gasteiger partial charge in [-0.25, -0.2) is 0 Å². The third-order valence-electron chi connectivity index (χ3n) is 3.29. The van der Waals surface area contributed by atoms with Crippen molar-refractivity contribution < 1.29 is 9.53 Å². The van der Waals surface area contributed by atoms with Crippen molar-refractivity contribution in [3.05, 3.63) is 66.7 Å². The molecule has 0 N–H and O–H groups in total. The van der Waals surface area contributed by atoms with Crippen LogP contribution in [-0.2, 0) is 0 Å². The minimum absolute atomic E-state index is 0.0637. The quantitative estimate of drug-likeness (QED) is 0.843. The van der Waals surface area contributed by atoms with Crippen molar-refractivity contribution in [2.45, 2.75) is 12.8 Å². The van der Waals surface area contributed by atoms with Gasteiger partial charge in [0.1, 0.15) is 11.5 Å². The third-order valence-corrected chi connectivity index (χ3v) is 3.29. The second-order valence-electron chi connectivity index (χ2n) is 4.76. The van der Waals surface area contributed by atoms with Gasteiger partial charge >= 0.3 is 0 Å². The van der Waals surface area contributed by atoms with Gasteiger partial charge in [0.25, 0.3) is 5.91 Å². The van der Waals surface area contributed by atoms with Gasteiger partial charge in [-0.05, 0) is 49.2 Å². The van der Waals surface area contributed by atoms with Gasteiger partial charge in [0, 0.05) is 12.1 Å². The van der Waals surface area contributed by atoms with Crippen LogP contribution in [0.25, 0.3) is 0 Å². The van der Waals surface area contributed by atoms with Crippen molar-refractivity contribution in [1.29, 1.82) is 0 Å². The SMILES string of the molecule is O=C(c1ccc(Oc2ccccc2)cc1)N1[CH]CCC1. The van der Waals surface area contributed by atoms with Crippen LogP contribution in [0.2, 0.25) is 0 Å². The van der Waals surface area contributed by atoms with E-state index in [2.05, 4.69) is 0 Å². The van der Waals surface area contributed by atoms with Gasteiger partial charge < -0.3 is 9.64 Å². The predicted molar refractivity (Wildman–Crippen MR) is 77.5 cm³/mol. The first-order valence-electron chi connectivity index (χ1n) is 6.80. The molecule has 0 unspecified atom stereocenters. The number of amides is 1. The molecule has 3 rings (SSSR count). The van der Waals surface area contributed by atoms with E-state index in [1.54, 1.807) is 4.90 Å². The summed E-state index contributed by atoms with van der Waals surface area (Å²) in [6.07, 6.45) is 2.04. The Morgan fingerprint density at radius 3 is 2.30 bits per heavy atom. The molecule has 20 heavy (non-hydrogen) atoms. The number of hydrogen-bond acceptors (Lipinski definition) is 2. The van der Waals surface area contributed by atoms with Gasteiger partial charge in [-0.2, -0.15) is 0 Å². The van der Waals surface area contributed by atoms with Crippen LogP contribution >= 0.6 is 0 Å². The fourth-order valence-corrected chi connectivity index (χ4v) is 2.24. The zero-order valence-electron chi connectivity index (χ0n) is 11.2. The number of likely N-dealkylation sites (tertiary alicyclic amines) is 1. The first-order valence-corrected chi connectivity index (χ1v) is 6.80. The molecule has 1 aliphatic heterocycles. The summed E-state index contributed by atoms with van der Waals surface area (Å²) in [6, 6.07) is 16.9. The Hall–Kier alpha value is -2.29. The van der Waals surface area contributed by atoms with E-state index in [0.29, 0.717) is 5.56 Å². The number of carbonyl (C=O) groups is 1. The normalized spacial score (nSPS) is 14.3. The Labute approximate surface area is 118 Å². The van der Waals surface area contributed by atoms with Gasteiger partial charge in [0.15, 0.2) is 0 Å². The van der Waals surface area contributed by atoms with E-state index in [1.165, 1.54) is 0 Å². The van der Waals surface area contributed by atoms with Crippen LogP contribution in [0.4, 0.5) is 0 Å². The summed E-state index contributed by atoms with van der Waals surface area (Å²) in [4.78, 5) is 14.0. The molecule has 0 aliphatic carbocycles. The summed E-state index contributed by atoms with van der Waals surface area (Å²) in [6.45, 7) is 2.79. The van der Waals surface area contributed by atoms with Gasteiger partial charge in [0.05, 0.1) is 6.54 Å². The Morgan fingerprint density at radius 1 is 0.950 bits per heavy atom. The molecule has 3 heteroatoms. The lowest BCUT2D eigenvalue weighted by molar-refractivity contribution is 0.0820. The van der Waals surface area contributed by atoms with E-state index in [4.69, 9.17) is 4.74 Å². The van der Waals surface area contributed by atoms with Gasteiger partial charge in [0.2, 0.25) is 0 Å². The zero-order valence-corrected chi connectivity index (χ0v) is 11.2. The Balaban J connectivity index is 1.69. The maximum atomic E-state index is 12.2. The number of benzene rings is 2.